The molecule has 0 saturated carbocycles. The van der Waals surface area contributed by atoms with Crippen LogP contribution < -0.4 is 11.6 Å². The summed E-state index contributed by atoms with van der Waals surface area (Å²) < 4.78 is 0. The molecule has 0 atom stereocenters. The predicted molar refractivity (Wildman–Crippen MR) is 23.5 cm³/mol. The highest BCUT2D eigenvalue weighted by molar-refractivity contribution is 4.51. The molecule has 0 aromatic heterocycles. The van der Waals surface area contributed by atoms with Crippen molar-refractivity contribution in [3.05, 3.63) is 0 Å². The van der Waals surface area contributed by atoms with E-state index in [1.54, 1.807) is 13.8 Å². The molecule has 38 valence electrons. The van der Waals surface area contributed by atoms with Gasteiger partial charge in [0, 0.05) is 0 Å². The summed E-state index contributed by atoms with van der Waals surface area (Å²) in [5.41, 5.74) is 4.51. The molecule has 0 saturated heterocycles. The molecular weight excluding hydrogens is 80.0 g/mol. The van der Waals surface area contributed by atoms with Crippen LogP contribution in [0.15, 0.2) is 0 Å². The number of hydrogen-bond acceptors (Lipinski definition) is 3. The van der Waals surface area contributed by atoms with Crippen LogP contribution in [-0.4, -0.2) is 5.72 Å². The van der Waals surface area contributed by atoms with Crippen LogP contribution in [0.2, 0.25) is 0 Å². The molecule has 6 heavy (non-hydrogen) atoms. The smallest absolute Gasteiger partial charge is 0.131 e. The number of hydrogen-bond donors (Lipinski definition) is 2. The summed E-state index contributed by atoms with van der Waals surface area (Å²) in [5, 5.41) is 0. The summed E-state index contributed by atoms with van der Waals surface area (Å²) in [6.45, 7) is 3.35. The molecule has 0 aliphatic heterocycles. The average Bonchev–Trinajstić information content (AvgIpc) is 1.35. The van der Waals surface area contributed by atoms with Crippen LogP contribution in [0.1, 0.15) is 13.8 Å². The molecule has 3 heteroatoms. The topological polar surface area (TPSA) is 61.3 Å². The zero-order chi connectivity index (χ0) is 5.21. The van der Waals surface area contributed by atoms with Crippen molar-refractivity contribution in [2.24, 2.45) is 11.6 Å². The lowest BCUT2D eigenvalue weighted by molar-refractivity contribution is -0.0141. The van der Waals surface area contributed by atoms with Gasteiger partial charge in [0.2, 0.25) is 0 Å². The zero-order valence-corrected chi connectivity index (χ0v) is 4.06. The Morgan fingerprint density at radius 3 is 1.67 bits per heavy atom. The molecule has 0 bridgehead atoms. The van der Waals surface area contributed by atoms with E-state index in [9.17, 15) is 0 Å². The fraction of sp³-hybridized carbons (Fsp3) is 1.00. The highest BCUT2D eigenvalue weighted by Gasteiger charge is 2.05. The van der Waals surface area contributed by atoms with E-state index >= 15 is 0 Å². The summed E-state index contributed by atoms with van der Waals surface area (Å²) in [4.78, 5) is 4.22. The van der Waals surface area contributed by atoms with Crippen LogP contribution in [-0.2, 0) is 4.84 Å². The normalized spacial score (nSPS) is 12.0. The Morgan fingerprint density at radius 2 is 1.67 bits per heavy atom. The standard InChI is InChI=1S/C3H10N2O/c1-3(2,4)6-5/h4-5H2,1-2H3. The lowest BCUT2D eigenvalue weighted by Crippen LogP contribution is -2.37. The second-order valence-corrected chi connectivity index (χ2v) is 1.72. The molecule has 0 aromatic carbocycles. The van der Waals surface area contributed by atoms with Crippen molar-refractivity contribution in [2.45, 2.75) is 19.6 Å². The van der Waals surface area contributed by atoms with E-state index in [4.69, 9.17) is 5.73 Å². The van der Waals surface area contributed by atoms with Gasteiger partial charge in [-0.05, 0) is 13.8 Å². The van der Waals surface area contributed by atoms with Crippen molar-refractivity contribution in [1.82, 2.24) is 0 Å². The van der Waals surface area contributed by atoms with Crippen LogP contribution >= 0.6 is 0 Å². The Labute approximate surface area is 37.2 Å². The maximum absolute atomic E-state index is 5.19. The highest BCUT2D eigenvalue weighted by Crippen LogP contribution is 1.90. The van der Waals surface area contributed by atoms with E-state index in [0.29, 0.717) is 0 Å². The van der Waals surface area contributed by atoms with Gasteiger partial charge in [0.15, 0.2) is 0 Å². The molecule has 0 aliphatic carbocycles. The van der Waals surface area contributed by atoms with Crippen LogP contribution in [0.3, 0.4) is 0 Å². The largest absolute Gasteiger partial charge is 0.302 e. The molecule has 0 spiro atoms. The number of rotatable bonds is 1. The Balaban J connectivity index is 3.17. The van der Waals surface area contributed by atoms with E-state index in [-0.39, 0.29) is 0 Å². The Hall–Kier alpha value is -0.120. The first-order chi connectivity index (χ1) is 2.56. The minimum absolute atomic E-state index is 0.681. The third kappa shape index (κ3) is 3.88. The minimum Gasteiger partial charge on any atom is -0.302 e. The third-order valence-electron chi connectivity index (χ3n) is 0.304. The minimum atomic E-state index is -0.681. The van der Waals surface area contributed by atoms with Crippen molar-refractivity contribution < 1.29 is 4.84 Å². The van der Waals surface area contributed by atoms with Crippen LogP contribution in [0.25, 0.3) is 0 Å². The predicted octanol–water partition coefficient (Wildman–Crippen LogP) is -0.429. The fourth-order valence-corrected chi connectivity index (χ4v) is 0. The molecular formula is C3H10N2O. The van der Waals surface area contributed by atoms with Gasteiger partial charge < -0.3 is 5.73 Å². The Kier molecular flexibility index (Phi) is 1.52. The van der Waals surface area contributed by atoms with Crippen LogP contribution in [0, 0.1) is 0 Å². The van der Waals surface area contributed by atoms with E-state index in [0.717, 1.165) is 0 Å². The molecule has 0 fully saturated rings. The molecule has 0 heterocycles. The van der Waals surface area contributed by atoms with Gasteiger partial charge >= 0.3 is 0 Å². The van der Waals surface area contributed by atoms with E-state index in [1.165, 1.54) is 0 Å². The van der Waals surface area contributed by atoms with Crippen molar-refractivity contribution in [3.63, 3.8) is 0 Å². The molecule has 0 radical (unpaired) electrons. The van der Waals surface area contributed by atoms with Crippen molar-refractivity contribution >= 4 is 0 Å². The van der Waals surface area contributed by atoms with Gasteiger partial charge in [-0.25, -0.2) is 5.90 Å². The van der Waals surface area contributed by atoms with Crippen molar-refractivity contribution in [2.75, 3.05) is 0 Å². The fourth-order valence-electron chi connectivity index (χ4n) is 0. The quantitative estimate of drug-likeness (QED) is 0.339. The summed E-state index contributed by atoms with van der Waals surface area (Å²) >= 11 is 0. The average molecular weight is 90.1 g/mol. The maximum Gasteiger partial charge on any atom is 0.131 e. The summed E-state index contributed by atoms with van der Waals surface area (Å²) in [6.07, 6.45) is 0. The molecule has 0 aliphatic rings. The molecule has 4 N–H and O–H groups in total. The van der Waals surface area contributed by atoms with Gasteiger partial charge in [-0.1, -0.05) is 0 Å². The molecule has 0 unspecified atom stereocenters. The van der Waals surface area contributed by atoms with Gasteiger partial charge in [0.1, 0.15) is 5.72 Å². The number of nitrogens with two attached hydrogens (primary N) is 2. The molecule has 0 amide bonds. The Morgan fingerprint density at radius 1 is 1.50 bits per heavy atom. The monoisotopic (exact) mass is 90.1 g/mol. The van der Waals surface area contributed by atoms with E-state index < -0.39 is 5.72 Å². The van der Waals surface area contributed by atoms with Gasteiger partial charge in [-0.2, -0.15) is 0 Å². The Bertz CT molecular complexity index is 38.5. The first-order valence-corrected chi connectivity index (χ1v) is 1.73. The highest BCUT2D eigenvalue weighted by atomic mass is 16.6. The van der Waals surface area contributed by atoms with E-state index in [2.05, 4.69) is 10.7 Å². The van der Waals surface area contributed by atoms with Gasteiger partial charge in [0.25, 0.3) is 0 Å². The lowest BCUT2D eigenvalue weighted by Gasteiger charge is -2.12. The lowest BCUT2D eigenvalue weighted by atomic mass is 10.3. The first-order valence-electron chi connectivity index (χ1n) is 1.73. The SMILES string of the molecule is CC(C)(N)ON. The van der Waals surface area contributed by atoms with Crippen molar-refractivity contribution in [3.8, 4) is 0 Å². The summed E-state index contributed by atoms with van der Waals surface area (Å²) in [5.74, 6) is 4.68. The van der Waals surface area contributed by atoms with Crippen LogP contribution in [0.4, 0.5) is 0 Å². The third-order valence-corrected chi connectivity index (χ3v) is 0.304. The molecule has 0 aromatic rings. The molecule has 3 nitrogen and oxygen atoms in total. The van der Waals surface area contributed by atoms with Gasteiger partial charge in [-0.15, -0.1) is 0 Å². The van der Waals surface area contributed by atoms with Gasteiger partial charge in [0.05, 0.1) is 0 Å². The summed E-state index contributed by atoms with van der Waals surface area (Å²) in [7, 11) is 0. The van der Waals surface area contributed by atoms with Crippen molar-refractivity contribution in [1.29, 1.82) is 0 Å². The second-order valence-electron chi connectivity index (χ2n) is 1.72. The zero-order valence-electron chi connectivity index (χ0n) is 4.06. The summed E-state index contributed by atoms with van der Waals surface area (Å²) in [6, 6.07) is 0. The van der Waals surface area contributed by atoms with Crippen LogP contribution in [0.5, 0.6) is 0 Å². The first kappa shape index (κ1) is 5.88. The maximum atomic E-state index is 5.19. The van der Waals surface area contributed by atoms with Gasteiger partial charge in [-0.3, -0.25) is 4.84 Å². The van der Waals surface area contributed by atoms with E-state index in [1.807, 2.05) is 0 Å². The molecule has 0 rings (SSSR count). The second kappa shape index (κ2) is 1.55.